The lowest BCUT2D eigenvalue weighted by Crippen LogP contribution is -2.15. The molecule has 0 fully saturated rings. The first-order valence-corrected chi connectivity index (χ1v) is 10.1. The fourth-order valence-corrected chi connectivity index (χ4v) is 4.06. The van der Waals surface area contributed by atoms with Gasteiger partial charge in [-0.15, -0.1) is 0 Å². The van der Waals surface area contributed by atoms with Gasteiger partial charge < -0.3 is 10.1 Å². The average molecular weight is 394 g/mol. The molecule has 0 spiro atoms. The molecular weight excluding hydrogens is 376 g/mol. The fraction of sp³-hybridized carbons (Fsp3) is 0.0952. The molecule has 0 aliphatic carbocycles. The van der Waals surface area contributed by atoms with Crippen LogP contribution in [0.25, 0.3) is 0 Å². The molecule has 28 heavy (non-hydrogen) atoms. The maximum atomic E-state index is 12.7. The zero-order valence-corrected chi connectivity index (χ0v) is 16.1. The molecule has 0 saturated heterocycles. The number of nitrogens with one attached hydrogen (secondary N) is 2. The highest BCUT2D eigenvalue weighted by Crippen LogP contribution is 2.36. The Morgan fingerprint density at radius 2 is 1.68 bits per heavy atom. The number of ether oxygens (including phenoxy) is 1. The van der Waals surface area contributed by atoms with Crippen LogP contribution < -0.4 is 14.8 Å². The van der Waals surface area contributed by atoms with Crippen molar-refractivity contribution in [2.45, 2.75) is 18.7 Å². The number of rotatable bonds is 3. The second-order valence-electron chi connectivity index (χ2n) is 6.61. The minimum atomic E-state index is -3.78. The van der Waals surface area contributed by atoms with Crippen LogP contribution >= 0.6 is 0 Å². The molecule has 1 aliphatic heterocycles. The van der Waals surface area contributed by atoms with E-state index >= 15 is 0 Å². The summed E-state index contributed by atoms with van der Waals surface area (Å²) in [5.41, 5.74) is 2.98. The van der Waals surface area contributed by atoms with Gasteiger partial charge in [0, 0.05) is 5.69 Å². The van der Waals surface area contributed by atoms with Crippen molar-refractivity contribution < 1.29 is 17.9 Å². The molecule has 142 valence electrons. The van der Waals surface area contributed by atoms with Crippen molar-refractivity contribution in [3.63, 3.8) is 0 Å². The summed E-state index contributed by atoms with van der Waals surface area (Å²) in [6, 6.07) is 16.6. The van der Waals surface area contributed by atoms with Crippen LogP contribution in [0.5, 0.6) is 11.5 Å². The van der Waals surface area contributed by atoms with Crippen molar-refractivity contribution in [1.29, 1.82) is 0 Å². The minimum absolute atomic E-state index is 0.165. The lowest BCUT2D eigenvalue weighted by atomic mass is 10.1. The van der Waals surface area contributed by atoms with Crippen LogP contribution in [0.4, 0.5) is 11.4 Å². The highest BCUT2D eigenvalue weighted by molar-refractivity contribution is 7.92. The van der Waals surface area contributed by atoms with Crippen LogP contribution in [0, 0.1) is 13.8 Å². The average Bonchev–Trinajstić information content (AvgIpc) is 2.79. The Labute approximate surface area is 163 Å². The van der Waals surface area contributed by atoms with E-state index in [2.05, 4.69) is 10.0 Å². The number of carbonyl (C=O) groups excluding carboxylic acids is 1. The van der Waals surface area contributed by atoms with Gasteiger partial charge in [-0.3, -0.25) is 9.52 Å². The van der Waals surface area contributed by atoms with Gasteiger partial charge in [-0.05, 0) is 67.4 Å². The summed E-state index contributed by atoms with van der Waals surface area (Å²) >= 11 is 0. The van der Waals surface area contributed by atoms with Gasteiger partial charge in [-0.2, -0.15) is 0 Å². The maximum Gasteiger partial charge on any atom is 0.261 e. The number of fused-ring (bicyclic) bond motifs is 2. The molecule has 1 amide bonds. The zero-order chi connectivity index (χ0) is 19.9. The molecule has 6 nitrogen and oxygen atoms in total. The van der Waals surface area contributed by atoms with Crippen molar-refractivity contribution >= 4 is 27.3 Å². The first-order chi connectivity index (χ1) is 13.3. The number of para-hydroxylation sites is 2. The summed E-state index contributed by atoms with van der Waals surface area (Å²) in [6.45, 7) is 3.78. The Bertz CT molecular complexity index is 1200. The number of anilines is 2. The van der Waals surface area contributed by atoms with Gasteiger partial charge in [0.2, 0.25) is 0 Å². The molecule has 0 atom stereocenters. The summed E-state index contributed by atoms with van der Waals surface area (Å²) in [5, 5.41) is 2.77. The molecule has 1 aliphatic rings. The van der Waals surface area contributed by atoms with Crippen molar-refractivity contribution in [3.05, 3.63) is 77.4 Å². The lowest BCUT2D eigenvalue weighted by Gasteiger charge is -2.12. The highest BCUT2D eigenvalue weighted by atomic mass is 32.2. The van der Waals surface area contributed by atoms with Crippen LogP contribution in [0.3, 0.4) is 0 Å². The smallest absolute Gasteiger partial charge is 0.261 e. The molecular formula is C21H18N2O4S. The van der Waals surface area contributed by atoms with Gasteiger partial charge in [0.25, 0.3) is 15.9 Å². The standard InChI is InChI=1S/C21H18N2O4S/c1-13-7-9-16(11-14(13)2)28(25,26)23-15-8-10-19-17(12-15)21(24)22-18-5-3-4-6-20(18)27-19/h3-12,23H,1-2H3,(H,22,24). The Morgan fingerprint density at radius 1 is 0.893 bits per heavy atom. The monoisotopic (exact) mass is 394 g/mol. The molecule has 1 heterocycles. The number of hydrogen-bond acceptors (Lipinski definition) is 4. The van der Waals surface area contributed by atoms with E-state index in [-0.39, 0.29) is 22.1 Å². The first-order valence-electron chi connectivity index (χ1n) is 8.66. The van der Waals surface area contributed by atoms with Gasteiger partial charge in [0.1, 0.15) is 5.75 Å². The van der Waals surface area contributed by atoms with Crippen molar-refractivity contribution in [1.82, 2.24) is 0 Å². The number of amides is 1. The van der Waals surface area contributed by atoms with Crippen LogP contribution in [-0.2, 0) is 10.0 Å². The van der Waals surface area contributed by atoms with E-state index < -0.39 is 10.0 Å². The Kier molecular flexibility index (Phi) is 4.31. The third kappa shape index (κ3) is 3.32. The largest absolute Gasteiger partial charge is 0.454 e. The predicted molar refractivity (Wildman–Crippen MR) is 108 cm³/mol. The minimum Gasteiger partial charge on any atom is -0.454 e. The summed E-state index contributed by atoms with van der Waals surface area (Å²) in [5.74, 6) is 0.516. The number of aryl methyl sites for hydroxylation is 2. The van der Waals surface area contributed by atoms with E-state index in [4.69, 9.17) is 4.74 Å². The molecule has 2 N–H and O–H groups in total. The number of sulfonamides is 1. The van der Waals surface area contributed by atoms with Gasteiger partial charge in [-0.1, -0.05) is 18.2 Å². The van der Waals surface area contributed by atoms with Crippen LogP contribution in [-0.4, -0.2) is 14.3 Å². The van der Waals surface area contributed by atoms with Gasteiger partial charge in [0.05, 0.1) is 16.1 Å². The van der Waals surface area contributed by atoms with Crippen LogP contribution in [0.15, 0.2) is 65.6 Å². The van der Waals surface area contributed by atoms with Gasteiger partial charge in [-0.25, -0.2) is 8.42 Å². The van der Waals surface area contributed by atoms with Gasteiger partial charge >= 0.3 is 0 Å². The molecule has 0 radical (unpaired) electrons. The molecule has 0 bridgehead atoms. The molecule has 0 unspecified atom stereocenters. The van der Waals surface area contributed by atoms with Crippen LogP contribution in [0.1, 0.15) is 21.5 Å². The molecule has 7 heteroatoms. The number of carbonyl (C=O) groups is 1. The molecule has 0 saturated carbocycles. The highest BCUT2D eigenvalue weighted by Gasteiger charge is 2.22. The Morgan fingerprint density at radius 3 is 2.46 bits per heavy atom. The van der Waals surface area contributed by atoms with E-state index in [0.29, 0.717) is 17.2 Å². The normalized spacial score (nSPS) is 12.9. The van der Waals surface area contributed by atoms with E-state index in [1.807, 2.05) is 19.9 Å². The third-order valence-electron chi connectivity index (χ3n) is 4.62. The molecule has 3 aromatic rings. The van der Waals surface area contributed by atoms with E-state index in [0.717, 1.165) is 11.1 Å². The van der Waals surface area contributed by atoms with Crippen molar-refractivity contribution in [2.75, 3.05) is 10.0 Å². The second-order valence-corrected chi connectivity index (χ2v) is 8.30. The molecule has 4 rings (SSSR count). The summed E-state index contributed by atoms with van der Waals surface area (Å²) < 4.78 is 33.8. The summed E-state index contributed by atoms with van der Waals surface area (Å²) in [7, 11) is -3.78. The SMILES string of the molecule is Cc1ccc(S(=O)(=O)Nc2ccc3c(c2)C(=O)Nc2ccccc2O3)cc1C. The summed E-state index contributed by atoms with van der Waals surface area (Å²) in [6.07, 6.45) is 0. The quantitative estimate of drug-likeness (QED) is 0.687. The topological polar surface area (TPSA) is 84.5 Å². The molecule has 3 aromatic carbocycles. The zero-order valence-electron chi connectivity index (χ0n) is 15.3. The van der Waals surface area contributed by atoms with E-state index in [1.54, 1.807) is 48.5 Å². The number of hydrogen-bond donors (Lipinski definition) is 2. The summed E-state index contributed by atoms with van der Waals surface area (Å²) in [4.78, 5) is 12.7. The third-order valence-corrected chi connectivity index (χ3v) is 6.00. The van der Waals surface area contributed by atoms with E-state index in [1.165, 1.54) is 6.07 Å². The lowest BCUT2D eigenvalue weighted by molar-refractivity contribution is 0.102. The predicted octanol–water partition coefficient (Wildman–Crippen LogP) is 4.46. The van der Waals surface area contributed by atoms with Gasteiger partial charge in [0.15, 0.2) is 5.75 Å². The number of benzene rings is 3. The first kappa shape index (κ1) is 18.1. The Balaban J connectivity index is 1.67. The van der Waals surface area contributed by atoms with E-state index in [9.17, 15) is 13.2 Å². The Hall–Kier alpha value is -3.32. The molecule has 0 aromatic heterocycles. The van der Waals surface area contributed by atoms with Crippen molar-refractivity contribution in [2.24, 2.45) is 0 Å². The fourth-order valence-electron chi connectivity index (χ4n) is 2.92. The second kappa shape index (κ2) is 6.69. The van der Waals surface area contributed by atoms with Crippen LogP contribution in [0.2, 0.25) is 0 Å². The van der Waals surface area contributed by atoms with Crippen molar-refractivity contribution in [3.8, 4) is 11.5 Å². The maximum absolute atomic E-state index is 12.7.